The Kier molecular flexibility index (Phi) is 3.95. The summed E-state index contributed by atoms with van der Waals surface area (Å²) in [4.78, 5) is 0. The van der Waals surface area contributed by atoms with Gasteiger partial charge in [0.1, 0.15) is 5.75 Å². The highest BCUT2D eigenvalue weighted by atomic mass is 16.7. The van der Waals surface area contributed by atoms with Gasteiger partial charge in [0, 0.05) is 12.5 Å². The summed E-state index contributed by atoms with van der Waals surface area (Å²) in [6, 6.07) is 8.63. The molecule has 3 fully saturated rings. The minimum atomic E-state index is -0.0951. The van der Waals surface area contributed by atoms with Crippen LogP contribution in [0.2, 0.25) is 0 Å². The molecule has 0 spiro atoms. The molecule has 24 heavy (non-hydrogen) atoms. The second-order valence-corrected chi connectivity index (χ2v) is 9.54. The number of hydrogen-bond acceptors (Lipinski definition) is 2. The first-order valence-corrected chi connectivity index (χ1v) is 9.71. The van der Waals surface area contributed by atoms with E-state index in [0.717, 1.165) is 23.5 Å². The largest absolute Gasteiger partial charge is 0.464 e. The van der Waals surface area contributed by atoms with Crippen molar-refractivity contribution >= 4 is 0 Å². The maximum atomic E-state index is 6.39. The van der Waals surface area contributed by atoms with Crippen molar-refractivity contribution in [1.82, 2.24) is 0 Å². The van der Waals surface area contributed by atoms with E-state index in [-0.39, 0.29) is 17.1 Å². The summed E-state index contributed by atoms with van der Waals surface area (Å²) in [6.07, 6.45) is 8.05. The summed E-state index contributed by atoms with van der Waals surface area (Å²) < 4.78 is 12.3. The maximum Gasteiger partial charge on any atom is 0.205 e. The van der Waals surface area contributed by atoms with Gasteiger partial charge in [0.25, 0.3) is 0 Å². The first kappa shape index (κ1) is 16.4. The first-order chi connectivity index (χ1) is 11.4. The average Bonchev–Trinajstić information content (AvgIpc) is 2.71. The van der Waals surface area contributed by atoms with Crippen molar-refractivity contribution in [3.05, 3.63) is 29.8 Å². The van der Waals surface area contributed by atoms with Gasteiger partial charge in [-0.15, -0.1) is 0 Å². The van der Waals surface area contributed by atoms with Crippen LogP contribution >= 0.6 is 0 Å². The minimum Gasteiger partial charge on any atom is -0.464 e. The Hall–Kier alpha value is -1.02. The van der Waals surface area contributed by atoms with Crippen molar-refractivity contribution in [2.24, 2.45) is 23.2 Å². The predicted molar refractivity (Wildman–Crippen MR) is 97.2 cm³/mol. The smallest absolute Gasteiger partial charge is 0.205 e. The SMILES string of the molecule is COC(Oc1ccc(C(C)(C)C)cc1)C12CCCC3CC(C1)C3C2. The van der Waals surface area contributed by atoms with Crippen LogP contribution in [0.5, 0.6) is 5.75 Å². The van der Waals surface area contributed by atoms with Gasteiger partial charge in [-0.3, -0.25) is 0 Å². The molecule has 3 aliphatic rings. The molecule has 0 aromatic heterocycles. The van der Waals surface area contributed by atoms with Gasteiger partial charge in [-0.05, 0) is 66.5 Å². The van der Waals surface area contributed by atoms with Crippen LogP contribution in [0.15, 0.2) is 24.3 Å². The fourth-order valence-electron chi connectivity index (χ4n) is 5.71. The predicted octanol–water partition coefficient (Wildman–Crippen LogP) is 5.55. The Morgan fingerprint density at radius 3 is 2.50 bits per heavy atom. The van der Waals surface area contributed by atoms with E-state index in [1.54, 1.807) is 0 Å². The molecule has 5 atom stereocenters. The highest BCUT2D eigenvalue weighted by molar-refractivity contribution is 5.31. The molecule has 1 aromatic rings. The number of hydrogen-bond donors (Lipinski definition) is 0. The molecule has 0 amide bonds. The molecule has 4 rings (SSSR count). The fraction of sp³-hybridized carbons (Fsp3) is 0.727. The van der Waals surface area contributed by atoms with Gasteiger partial charge in [-0.1, -0.05) is 45.7 Å². The van der Waals surface area contributed by atoms with Gasteiger partial charge in [-0.2, -0.15) is 0 Å². The minimum absolute atomic E-state index is 0.0951. The van der Waals surface area contributed by atoms with E-state index in [0.29, 0.717) is 0 Å². The Balaban J connectivity index is 1.52. The Labute approximate surface area is 146 Å². The Morgan fingerprint density at radius 1 is 1.08 bits per heavy atom. The lowest BCUT2D eigenvalue weighted by Gasteiger charge is -2.41. The molecule has 2 nitrogen and oxygen atoms in total. The van der Waals surface area contributed by atoms with E-state index in [2.05, 4.69) is 45.0 Å². The van der Waals surface area contributed by atoms with Crippen LogP contribution in [-0.2, 0) is 10.2 Å². The van der Waals surface area contributed by atoms with Gasteiger partial charge >= 0.3 is 0 Å². The molecule has 0 radical (unpaired) electrons. The zero-order valence-corrected chi connectivity index (χ0v) is 15.7. The van der Waals surface area contributed by atoms with Crippen LogP contribution in [0.1, 0.15) is 64.9 Å². The third-order valence-corrected chi connectivity index (χ3v) is 7.05. The molecule has 2 heteroatoms. The van der Waals surface area contributed by atoms with Crippen molar-refractivity contribution < 1.29 is 9.47 Å². The third kappa shape index (κ3) is 2.67. The van der Waals surface area contributed by atoms with Crippen molar-refractivity contribution in [2.45, 2.75) is 71.0 Å². The van der Waals surface area contributed by atoms with Crippen LogP contribution in [-0.4, -0.2) is 13.4 Å². The van der Waals surface area contributed by atoms with E-state index in [9.17, 15) is 0 Å². The number of rotatable bonds is 4. The van der Waals surface area contributed by atoms with E-state index in [1.807, 2.05) is 7.11 Å². The number of benzene rings is 1. The zero-order chi connectivity index (χ0) is 16.9. The maximum absolute atomic E-state index is 6.39. The lowest BCUT2D eigenvalue weighted by molar-refractivity contribution is -0.142. The fourth-order valence-corrected chi connectivity index (χ4v) is 5.71. The molecular weight excluding hydrogens is 296 g/mol. The van der Waals surface area contributed by atoms with E-state index in [4.69, 9.17) is 9.47 Å². The topological polar surface area (TPSA) is 18.5 Å². The molecule has 132 valence electrons. The standard InChI is InChI=1S/C22H32O2/c1-21(2,3)17-7-9-18(10-8-17)24-20(23-4)22-11-5-6-15-12-16(13-22)19(15)14-22/h7-10,15-16,19-20H,5-6,11-14H2,1-4H3. The number of ether oxygens (including phenoxy) is 2. The van der Waals surface area contributed by atoms with Gasteiger partial charge < -0.3 is 9.47 Å². The molecule has 0 N–H and O–H groups in total. The van der Waals surface area contributed by atoms with Crippen molar-refractivity contribution in [1.29, 1.82) is 0 Å². The van der Waals surface area contributed by atoms with Crippen LogP contribution < -0.4 is 4.74 Å². The lowest BCUT2D eigenvalue weighted by Crippen LogP contribution is -2.39. The van der Waals surface area contributed by atoms with Crippen LogP contribution in [0.4, 0.5) is 0 Å². The first-order valence-electron chi connectivity index (χ1n) is 9.71. The van der Waals surface area contributed by atoms with Gasteiger partial charge in [0.2, 0.25) is 6.29 Å². The molecule has 3 saturated carbocycles. The number of methoxy groups -OCH3 is 1. The molecule has 5 unspecified atom stereocenters. The molecule has 0 heterocycles. The average molecular weight is 328 g/mol. The van der Waals surface area contributed by atoms with E-state index in [1.165, 1.54) is 44.1 Å². The summed E-state index contributed by atoms with van der Waals surface area (Å²) in [6.45, 7) is 6.74. The summed E-state index contributed by atoms with van der Waals surface area (Å²) in [7, 11) is 1.82. The molecular formula is C22H32O2. The molecule has 3 aliphatic carbocycles. The second-order valence-electron chi connectivity index (χ2n) is 9.54. The van der Waals surface area contributed by atoms with Crippen molar-refractivity contribution in [2.75, 3.05) is 7.11 Å². The summed E-state index contributed by atoms with van der Waals surface area (Å²) in [5, 5.41) is 0. The van der Waals surface area contributed by atoms with Crippen LogP contribution in [0.3, 0.4) is 0 Å². The van der Waals surface area contributed by atoms with Crippen molar-refractivity contribution in [3.63, 3.8) is 0 Å². The van der Waals surface area contributed by atoms with E-state index >= 15 is 0 Å². The molecule has 1 aromatic carbocycles. The monoisotopic (exact) mass is 328 g/mol. The van der Waals surface area contributed by atoms with Crippen molar-refractivity contribution in [3.8, 4) is 5.75 Å². The highest BCUT2D eigenvalue weighted by Crippen LogP contribution is 2.64. The molecule has 2 bridgehead atoms. The summed E-state index contributed by atoms with van der Waals surface area (Å²) in [5.41, 5.74) is 1.77. The van der Waals surface area contributed by atoms with Gasteiger partial charge in [0.15, 0.2) is 0 Å². The van der Waals surface area contributed by atoms with Crippen LogP contribution in [0.25, 0.3) is 0 Å². The Morgan fingerprint density at radius 2 is 1.83 bits per heavy atom. The third-order valence-electron chi connectivity index (χ3n) is 7.05. The highest BCUT2D eigenvalue weighted by Gasteiger charge is 2.59. The second kappa shape index (κ2) is 5.76. The van der Waals surface area contributed by atoms with E-state index < -0.39 is 0 Å². The Bertz CT molecular complexity index is 583. The lowest BCUT2D eigenvalue weighted by atomic mass is 9.64. The van der Waals surface area contributed by atoms with Gasteiger partial charge in [-0.25, -0.2) is 0 Å². The van der Waals surface area contributed by atoms with Gasteiger partial charge in [0.05, 0.1) is 0 Å². The normalized spacial score (nSPS) is 35.9. The molecule has 0 saturated heterocycles. The summed E-state index contributed by atoms with van der Waals surface area (Å²) in [5.74, 6) is 3.85. The number of fused-ring (bicyclic) bond motifs is 1. The zero-order valence-electron chi connectivity index (χ0n) is 15.7. The van der Waals surface area contributed by atoms with Crippen LogP contribution in [0, 0.1) is 23.2 Å². The quantitative estimate of drug-likeness (QED) is 0.674. The molecule has 0 aliphatic heterocycles. The summed E-state index contributed by atoms with van der Waals surface area (Å²) >= 11 is 0.